The predicted molar refractivity (Wildman–Crippen MR) is 83.8 cm³/mol. The second kappa shape index (κ2) is 6.58. The van der Waals surface area contributed by atoms with E-state index >= 15 is 0 Å². The molecule has 4 heteroatoms. The Labute approximate surface area is 126 Å². The number of hydrogen-bond donors (Lipinski definition) is 2. The van der Waals surface area contributed by atoms with Crippen molar-refractivity contribution in [1.82, 2.24) is 15.8 Å². The summed E-state index contributed by atoms with van der Waals surface area (Å²) >= 11 is 0. The molecule has 21 heavy (non-hydrogen) atoms. The topological polar surface area (TPSA) is 44.4 Å². The van der Waals surface area contributed by atoms with Gasteiger partial charge in [-0.25, -0.2) is 5.01 Å². The van der Waals surface area contributed by atoms with Crippen LogP contribution in [0, 0.1) is 0 Å². The van der Waals surface area contributed by atoms with Gasteiger partial charge >= 0.3 is 0 Å². The summed E-state index contributed by atoms with van der Waals surface area (Å²) in [5.74, 6) is 0.178. The van der Waals surface area contributed by atoms with Crippen LogP contribution in [0.4, 0.5) is 0 Å². The first-order valence-electron chi connectivity index (χ1n) is 8.14. The van der Waals surface area contributed by atoms with Crippen LogP contribution >= 0.6 is 0 Å². The number of carbonyl (C=O) groups excluding carboxylic acids is 1. The zero-order chi connectivity index (χ0) is 14.5. The molecule has 0 saturated carbocycles. The molecular weight excluding hydrogens is 262 g/mol. The molecule has 0 radical (unpaired) electrons. The van der Waals surface area contributed by atoms with Gasteiger partial charge < -0.3 is 5.32 Å². The van der Waals surface area contributed by atoms with Gasteiger partial charge in [0.15, 0.2) is 0 Å². The first kappa shape index (κ1) is 14.5. The van der Waals surface area contributed by atoms with E-state index in [1.165, 1.54) is 19.3 Å². The third-order valence-electron chi connectivity index (χ3n) is 4.83. The maximum atomic E-state index is 13.0. The van der Waals surface area contributed by atoms with E-state index in [1.807, 2.05) is 18.2 Å². The fourth-order valence-electron chi connectivity index (χ4n) is 3.51. The minimum atomic E-state index is -0.371. The Morgan fingerprint density at radius 1 is 1.05 bits per heavy atom. The summed E-state index contributed by atoms with van der Waals surface area (Å²) in [5, 5.41) is 5.48. The number of piperidine rings is 2. The normalized spacial score (nSPS) is 22.7. The third-order valence-corrected chi connectivity index (χ3v) is 4.83. The van der Waals surface area contributed by atoms with Crippen molar-refractivity contribution in [3.05, 3.63) is 35.9 Å². The van der Waals surface area contributed by atoms with Gasteiger partial charge in [-0.3, -0.25) is 10.2 Å². The van der Waals surface area contributed by atoms with Crippen molar-refractivity contribution in [1.29, 1.82) is 0 Å². The summed E-state index contributed by atoms with van der Waals surface area (Å²) in [4.78, 5) is 13.0. The molecule has 2 heterocycles. The first-order chi connectivity index (χ1) is 10.3. The molecule has 2 N–H and O–H groups in total. The lowest BCUT2D eigenvalue weighted by atomic mass is 9.72. The minimum absolute atomic E-state index is 0.178. The molecule has 114 valence electrons. The molecule has 2 aliphatic rings. The van der Waals surface area contributed by atoms with E-state index < -0.39 is 0 Å². The number of rotatable bonds is 3. The molecule has 1 amide bonds. The number of benzene rings is 1. The summed E-state index contributed by atoms with van der Waals surface area (Å²) in [6, 6.07) is 10.3. The van der Waals surface area contributed by atoms with Gasteiger partial charge in [0.1, 0.15) is 0 Å². The average Bonchev–Trinajstić information content (AvgIpc) is 2.57. The number of nitrogens with zero attached hydrogens (tertiary/aromatic N) is 1. The molecule has 4 nitrogen and oxygen atoms in total. The highest BCUT2D eigenvalue weighted by molar-refractivity contribution is 5.88. The Morgan fingerprint density at radius 2 is 1.71 bits per heavy atom. The Balaban J connectivity index is 1.79. The summed E-state index contributed by atoms with van der Waals surface area (Å²) < 4.78 is 0. The lowest BCUT2D eigenvalue weighted by molar-refractivity contribution is -0.133. The van der Waals surface area contributed by atoms with E-state index in [9.17, 15) is 4.79 Å². The van der Waals surface area contributed by atoms with Gasteiger partial charge in [-0.05, 0) is 44.3 Å². The first-order valence-corrected chi connectivity index (χ1v) is 8.14. The SMILES string of the molecule is O=C(NN1CCCCC1)C1(c2ccccc2)CCNCC1. The van der Waals surface area contributed by atoms with Gasteiger partial charge in [0.05, 0.1) is 5.41 Å². The van der Waals surface area contributed by atoms with Crippen molar-refractivity contribution in [3.8, 4) is 0 Å². The highest BCUT2D eigenvalue weighted by Crippen LogP contribution is 2.34. The van der Waals surface area contributed by atoms with E-state index in [1.54, 1.807) is 0 Å². The van der Waals surface area contributed by atoms with Crippen LogP contribution in [-0.4, -0.2) is 37.1 Å². The minimum Gasteiger partial charge on any atom is -0.317 e. The Kier molecular flexibility index (Phi) is 4.56. The second-order valence-electron chi connectivity index (χ2n) is 6.19. The largest absolute Gasteiger partial charge is 0.317 e. The molecule has 0 bridgehead atoms. The molecule has 3 rings (SSSR count). The average molecular weight is 287 g/mol. The van der Waals surface area contributed by atoms with Gasteiger partial charge in [-0.2, -0.15) is 0 Å². The molecule has 1 aromatic rings. The second-order valence-corrected chi connectivity index (χ2v) is 6.19. The van der Waals surface area contributed by atoms with Gasteiger partial charge in [0.25, 0.3) is 0 Å². The van der Waals surface area contributed by atoms with E-state index in [4.69, 9.17) is 0 Å². The molecule has 0 atom stereocenters. The van der Waals surface area contributed by atoms with Crippen LogP contribution in [0.15, 0.2) is 30.3 Å². The van der Waals surface area contributed by atoms with Gasteiger partial charge in [0.2, 0.25) is 5.91 Å². The number of hydrogen-bond acceptors (Lipinski definition) is 3. The predicted octanol–water partition coefficient (Wildman–Crippen LogP) is 1.82. The van der Waals surface area contributed by atoms with Crippen molar-refractivity contribution in [2.24, 2.45) is 0 Å². The quantitative estimate of drug-likeness (QED) is 0.891. The summed E-state index contributed by atoms with van der Waals surface area (Å²) in [5.41, 5.74) is 3.98. The smallest absolute Gasteiger partial charge is 0.245 e. The lowest BCUT2D eigenvalue weighted by Crippen LogP contribution is -2.56. The monoisotopic (exact) mass is 287 g/mol. The van der Waals surface area contributed by atoms with Crippen LogP contribution in [-0.2, 0) is 10.2 Å². The molecule has 0 unspecified atom stereocenters. The maximum absolute atomic E-state index is 13.0. The molecule has 2 aliphatic heterocycles. The van der Waals surface area contributed by atoms with Crippen LogP contribution in [0.3, 0.4) is 0 Å². The van der Waals surface area contributed by atoms with Crippen LogP contribution in [0.25, 0.3) is 0 Å². The van der Waals surface area contributed by atoms with E-state index in [-0.39, 0.29) is 11.3 Å². The Morgan fingerprint density at radius 3 is 2.38 bits per heavy atom. The van der Waals surface area contributed by atoms with Gasteiger partial charge in [-0.1, -0.05) is 36.8 Å². The highest BCUT2D eigenvalue weighted by atomic mass is 16.2. The molecule has 2 saturated heterocycles. The lowest BCUT2D eigenvalue weighted by Gasteiger charge is -2.39. The number of nitrogens with one attached hydrogen (secondary N) is 2. The van der Waals surface area contributed by atoms with E-state index in [0.29, 0.717) is 0 Å². The fraction of sp³-hybridized carbons (Fsp3) is 0.588. The third kappa shape index (κ3) is 3.11. The van der Waals surface area contributed by atoms with Crippen molar-refractivity contribution in [2.75, 3.05) is 26.2 Å². The highest BCUT2D eigenvalue weighted by Gasteiger charge is 2.41. The van der Waals surface area contributed by atoms with E-state index in [0.717, 1.165) is 44.6 Å². The molecule has 1 aromatic carbocycles. The standard InChI is InChI=1S/C17H25N3O/c21-16(19-20-13-5-2-6-14-20)17(9-11-18-12-10-17)15-7-3-1-4-8-15/h1,3-4,7-8,18H,2,5-6,9-14H2,(H,19,21). The van der Waals surface area contributed by atoms with Crippen LogP contribution in [0.1, 0.15) is 37.7 Å². The molecule has 0 spiro atoms. The summed E-state index contributed by atoms with van der Waals surface area (Å²) in [6.07, 6.45) is 5.38. The van der Waals surface area contributed by atoms with E-state index in [2.05, 4.69) is 27.9 Å². The Hall–Kier alpha value is -1.39. The van der Waals surface area contributed by atoms with Gasteiger partial charge in [-0.15, -0.1) is 0 Å². The zero-order valence-corrected chi connectivity index (χ0v) is 12.6. The van der Waals surface area contributed by atoms with Crippen molar-refractivity contribution < 1.29 is 4.79 Å². The fourth-order valence-corrected chi connectivity index (χ4v) is 3.51. The number of carbonyl (C=O) groups is 1. The maximum Gasteiger partial charge on any atom is 0.245 e. The number of amides is 1. The summed E-state index contributed by atoms with van der Waals surface area (Å²) in [7, 11) is 0. The number of hydrazine groups is 1. The van der Waals surface area contributed by atoms with Crippen LogP contribution in [0.5, 0.6) is 0 Å². The van der Waals surface area contributed by atoms with Gasteiger partial charge in [0, 0.05) is 13.1 Å². The zero-order valence-electron chi connectivity index (χ0n) is 12.6. The summed E-state index contributed by atoms with van der Waals surface area (Å²) in [6.45, 7) is 3.77. The molecular formula is C17H25N3O. The Bertz CT molecular complexity index is 462. The van der Waals surface area contributed by atoms with Crippen LogP contribution < -0.4 is 10.7 Å². The van der Waals surface area contributed by atoms with Crippen molar-refractivity contribution in [2.45, 2.75) is 37.5 Å². The van der Waals surface area contributed by atoms with Crippen molar-refractivity contribution >= 4 is 5.91 Å². The molecule has 2 fully saturated rings. The van der Waals surface area contributed by atoms with Crippen molar-refractivity contribution in [3.63, 3.8) is 0 Å². The molecule has 0 aliphatic carbocycles. The molecule has 0 aromatic heterocycles. The van der Waals surface area contributed by atoms with Crippen LogP contribution in [0.2, 0.25) is 0 Å².